The minimum Gasteiger partial charge on any atom is -0.481 e. The quantitative estimate of drug-likeness (QED) is 0.665. The number of rotatable bonds is 5. The van der Waals surface area contributed by atoms with Gasteiger partial charge in [-0.2, -0.15) is 0 Å². The van der Waals surface area contributed by atoms with E-state index in [1.807, 2.05) is 0 Å². The van der Waals surface area contributed by atoms with Crippen LogP contribution in [0.25, 0.3) is 5.69 Å². The van der Waals surface area contributed by atoms with Crippen molar-refractivity contribution in [1.29, 1.82) is 0 Å². The fourth-order valence-corrected chi connectivity index (χ4v) is 3.32. The maximum absolute atomic E-state index is 12.4. The molecule has 3 rings (SSSR count). The number of aromatic carboxylic acids is 1. The number of pyridine rings is 1. The molecule has 1 saturated heterocycles. The maximum atomic E-state index is 12.4. The number of nitrogens with one attached hydrogen (secondary N) is 1. The molecule has 0 bridgehead atoms. The van der Waals surface area contributed by atoms with Gasteiger partial charge in [0.05, 0.1) is 6.54 Å². The lowest BCUT2D eigenvalue weighted by Crippen LogP contribution is -2.36. The predicted molar refractivity (Wildman–Crippen MR) is 116 cm³/mol. The monoisotopic (exact) mass is 429 g/mol. The molecule has 9 nitrogen and oxygen atoms in total. The molecule has 0 spiro atoms. The second-order valence-electron chi connectivity index (χ2n) is 7.30. The number of carboxylic acids is 2. The number of benzene rings is 1. The Morgan fingerprint density at radius 2 is 1.58 bits per heavy atom. The average Bonchev–Trinajstić information content (AvgIpc) is 2.69. The van der Waals surface area contributed by atoms with E-state index in [0.29, 0.717) is 23.5 Å². The van der Waals surface area contributed by atoms with E-state index in [-0.39, 0.29) is 11.5 Å². The van der Waals surface area contributed by atoms with Crippen LogP contribution in [0.4, 0.5) is 5.69 Å². The van der Waals surface area contributed by atoms with Gasteiger partial charge in [-0.25, -0.2) is 4.79 Å². The Balaban J connectivity index is 0.000000785. The third-order valence-corrected chi connectivity index (χ3v) is 4.76. The molecular formula is C22H27N3O6. The van der Waals surface area contributed by atoms with E-state index in [9.17, 15) is 19.5 Å². The summed E-state index contributed by atoms with van der Waals surface area (Å²) in [6.07, 6.45) is 5.03. The molecule has 3 N–H and O–H groups in total. The first-order valence-corrected chi connectivity index (χ1v) is 9.96. The van der Waals surface area contributed by atoms with Gasteiger partial charge in [0.15, 0.2) is 0 Å². The van der Waals surface area contributed by atoms with Crippen molar-refractivity contribution in [2.24, 2.45) is 0 Å². The van der Waals surface area contributed by atoms with Crippen LogP contribution in [0, 0.1) is 6.92 Å². The van der Waals surface area contributed by atoms with Crippen molar-refractivity contribution in [3.63, 3.8) is 0 Å². The summed E-state index contributed by atoms with van der Waals surface area (Å²) in [7, 11) is 0. The number of aromatic nitrogens is 1. The molecule has 1 aromatic heterocycles. The van der Waals surface area contributed by atoms with Gasteiger partial charge in [-0.3, -0.25) is 23.9 Å². The van der Waals surface area contributed by atoms with Gasteiger partial charge in [-0.1, -0.05) is 6.42 Å². The second kappa shape index (κ2) is 11.1. The maximum Gasteiger partial charge on any atom is 0.341 e. The van der Waals surface area contributed by atoms with Crippen LogP contribution in [-0.2, 0) is 9.59 Å². The number of nitrogens with zero attached hydrogens (tertiary/aromatic N) is 2. The summed E-state index contributed by atoms with van der Waals surface area (Å²) in [5.74, 6) is -2.14. The van der Waals surface area contributed by atoms with Crippen LogP contribution in [0.5, 0.6) is 0 Å². The van der Waals surface area contributed by atoms with Gasteiger partial charge in [0.25, 0.3) is 11.5 Å². The van der Waals surface area contributed by atoms with Gasteiger partial charge < -0.3 is 15.5 Å². The lowest BCUT2D eigenvalue weighted by Gasteiger charge is -2.25. The third kappa shape index (κ3) is 7.07. The first kappa shape index (κ1) is 23.8. The number of carboxylic acid groups (broad SMARTS) is 2. The SMILES string of the molecule is CC(=O)O.Cc1ccn(-c2ccc(NC(=O)CN3CCCCC3)cc2)c(=O)c1C(=O)O. The van der Waals surface area contributed by atoms with Crippen LogP contribution in [0.3, 0.4) is 0 Å². The van der Waals surface area contributed by atoms with Gasteiger partial charge in [0, 0.05) is 24.5 Å². The molecule has 1 fully saturated rings. The second-order valence-corrected chi connectivity index (χ2v) is 7.30. The summed E-state index contributed by atoms with van der Waals surface area (Å²) in [5, 5.41) is 19.5. The number of hydrogen-bond acceptors (Lipinski definition) is 5. The van der Waals surface area contributed by atoms with Crippen molar-refractivity contribution >= 4 is 23.5 Å². The first-order valence-electron chi connectivity index (χ1n) is 9.96. The van der Waals surface area contributed by atoms with Crippen molar-refractivity contribution in [1.82, 2.24) is 9.47 Å². The third-order valence-electron chi connectivity index (χ3n) is 4.76. The lowest BCUT2D eigenvalue weighted by atomic mass is 10.1. The molecule has 1 amide bonds. The summed E-state index contributed by atoms with van der Waals surface area (Å²) in [4.78, 5) is 47.0. The Bertz CT molecular complexity index is 987. The van der Waals surface area contributed by atoms with Gasteiger partial charge in [0.1, 0.15) is 5.56 Å². The lowest BCUT2D eigenvalue weighted by molar-refractivity contribution is -0.134. The molecule has 0 atom stereocenters. The molecule has 0 saturated carbocycles. The van der Waals surface area contributed by atoms with Gasteiger partial charge in [-0.15, -0.1) is 0 Å². The summed E-state index contributed by atoms with van der Waals surface area (Å²) in [6.45, 7) is 4.96. The Labute approximate surface area is 179 Å². The number of aliphatic carboxylic acids is 1. The number of carbonyl (C=O) groups is 3. The number of amides is 1. The van der Waals surface area contributed by atoms with Crippen LogP contribution in [-0.4, -0.2) is 57.2 Å². The van der Waals surface area contributed by atoms with E-state index in [1.165, 1.54) is 11.0 Å². The van der Waals surface area contributed by atoms with E-state index in [4.69, 9.17) is 9.90 Å². The van der Waals surface area contributed by atoms with E-state index in [2.05, 4.69) is 10.2 Å². The molecule has 0 radical (unpaired) electrons. The minimum absolute atomic E-state index is 0.0645. The van der Waals surface area contributed by atoms with Crippen LogP contribution >= 0.6 is 0 Å². The van der Waals surface area contributed by atoms with Crippen LogP contribution in [0.2, 0.25) is 0 Å². The van der Waals surface area contributed by atoms with Crippen molar-refractivity contribution in [2.75, 3.05) is 25.0 Å². The molecule has 2 aromatic rings. The summed E-state index contributed by atoms with van der Waals surface area (Å²) in [5.41, 5.74) is 0.780. The van der Waals surface area contributed by atoms with Gasteiger partial charge in [0.2, 0.25) is 5.91 Å². The van der Waals surface area contributed by atoms with Crippen LogP contribution in [0.1, 0.15) is 42.1 Å². The number of anilines is 1. The topological polar surface area (TPSA) is 129 Å². The molecule has 31 heavy (non-hydrogen) atoms. The predicted octanol–water partition coefficient (Wildman–Crippen LogP) is 2.36. The number of aryl methyl sites for hydroxylation is 1. The van der Waals surface area contributed by atoms with E-state index in [1.54, 1.807) is 43.5 Å². The summed E-state index contributed by atoms with van der Waals surface area (Å²) in [6, 6.07) is 8.36. The molecule has 166 valence electrons. The smallest absolute Gasteiger partial charge is 0.341 e. The molecule has 1 aliphatic heterocycles. The Hall–Kier alpha value is -3.46. The standard InChI is InChI=1S/C20H23N3O4.C2H4O2/c1-14-9-12-23(19(25)18(14)20(26)27)16-7-5-15(6-8-16)21-17(24)13-22-10-3-2-4-11-22;1-2(3)4/h5-9,12H,2-4,10-11,13H2,1H3,(H,21,24)(H,26,27);1H3,(H,3,4). The van der Waals surface area contributed by atoms with Gasteiger partial charge in [-0.05, 0) is 68.8 Å². The van der Waals surface area contributed by atoms with Crippen molar-refractivity contribution in [3.05, 3.63) is 58.0 Å². The van der Waals surface area contributed by atoms with Crippen molar-refractivity contribution in [3.8, 4) is 5.69 Å². The number of likely N-dealkylation sites (tertiary alicyclic amines) is 1. The van der Waals surface area contributed by atoms with Crippen molar-refractivity contribution < 1.29 is 24.6 Å². The summed E-state index contributed by atoms with van der Waals surface area (Å²) < 4.78 is 1.29. The average molecular weight is 429 g/mol. The summed E-state index contributed by atoms with van der Waals surface area (Å²) >= 11 is 0. The van der Waals surface area contributed by atoms with Crippen LogP contribution in [0.15, 0.2) is 41.3 Å². The molecule has 2 heterocycles. The highest BCUT2D eigenvalue weighted by Gasteiger charge is 2.16. The highest BCUT2D eigenvalue weighted by Crippen LogP contribution is 2.14. The molecule has 1 aromatic carbocycles. The normalized spacial score (nSPS) is 13.6. The molecule has 0 aliphatic carbocycles. The molecular weight excluding hydrogens is 402 g/mol. The number of carbonyl (C=O) groups excluding carboxylic acids is 1. The number of hydrogen-bond donors (Lipinski definition) is 3. The largest absolute Gasteiger partial charge is 0.481 e. The highest BCUT2D eigenvalue weighted by atomic mass is 16.4. The zero-order valence-corrected chi connectivity index (χ0v) is 17.6. The number of piperidine rings is 1. The fourth-order valence-electron chi connectivity index (χ4n) is 3.32. The molecule has 0 unspecified atom stereocenters. The van der Waals surface area contributed by atoms with E-state index in [0.717, 1.165) is 32.9 Å². The van der Waals surface area contributed by atoms with E-state index >= 15 is 0 Å². The molecule has 1 aliphatic rings. The Kier molecular flexibility index (Phi) is 8.51. The molecule has 9 heteroatoms. The zero-order chi connectivity index (χ0) is 23.0. The van der Waals surface area contributed by atoms with Crippen molar-refractivity contribution in [2.45, 2.75) is 33.1 Å². The Morgan fingerprint density at radius 3 is 2.13 bits per heavy atom. The zero-order valence-electron chi connectivity index (χ0n) is 17.6. The first-order chi connectivity index (χ1) is 14.7. The van der Waals surface area contributed by atoms with E-state index < -0.39 is 17.5 Å². The fraction of sp³-hybridized carbons (Fsp3) is 0.364. The van der Waals surface area contributed by atoms with Gasteiger partial charge >= 0.3 is 5.97 Å². The minimum atomic E-state index is -1.24. The Morgan fingerprint density at radius 1 is 1.00 bits per heavy atom. The highest BCUT2D eigenvalue weighted by molar-refractivity contribution is 5.92. The van der Waals surface area contributed by atoms with Crippen LogP contribution < -0.4 is 10.9 Å².